The Hall–Kier alpha value is -2.93. The summed E-state index contributed by atoms with van der Waals surface area (Å²) in [6.45, 7) is 1.69. The number of nitrogens with one attached hydrogen (secondary N) is 2. The fraction of sp³-hybridized carbons (Fsp3) is 0.176. The lowest BCUT2D eigenvalue weighted by Gasteiger charge is -2.15. The minimum Gasteiger partial charge on any atom is -0.370 e. The Kier molecular flexibility index (Phi) is 4.95. The lowest BCUT2D eigenvalue weighted by Crippen LogP contribution is -2.30. The second-order valence-corrected chi connectivity index (χ2v) is 5.87. The molecule has 3 rings (SSSR count). The van der Waals surface area contributed by atoms with Gasteiger partial charge in [0.1, 0.15) is 5.84 Å². The smallest absolute Gasteiger partial charge is 0.270 e. The van der Waals surface area contributed by atoms with Crippen LogP contribution in [0.5, 0.6) is 0 Å². The molecule has 0 saturated carbocycles. The molecule has 128 valence electrons. The first kappa shape index (κ1) is 16.9. The van der Waals surface area contributed by atoms with Gasteiger partial charge in [0.05, 0.1) is 15.5 Å². The largest absolute Gasteiger partial charge is 0.370 e. The molecular weight excluding hydrogens is 344 g/mol. The van der Waals surface area contributed by atoms with Gasteiger partial charge in [-0.05, 0) is 36.8 Å². The van der Waals surface area contributed by atoms with Gasteiger partial charge < -0.3 is 10.6 Å². The fourth-order valence-corrected chi connectivity index (χ4v) is 2.64. The van der Waals surface area contributed by atoms with E-state index >= 15 is 0 Å². The number of amidine groups is 1. The lowest BCUT2D eigenvalue weighted by molar-refractivity contribution is -0.384. The van der Waals surface area contributed by atoms with E-state index in [9.17, 15) is 14.9 Å². The van der Waals surface area contributed by atoms with Crippen molar-refractivity contribution in [2.45, 2.75) is 6.42 Å². The number of amides is 1. The molecule has 0 aliphatic carbocycles. The van der Waals surface area contributed by atoms with Gasteiger partial charge in [-0.15, -0.1) is 0 Å². The van der Waals surface area contributed by atoms with E-state index in [1.165, 1.54) is 12.1 Å². The van der Waals surface area contributed by atoms with Crippen molar-refractivity contribution in [1.29, 1.82) is 0 Å². The zero-order valence-electron chi connectivity index (χ0n) is 13.2. The molecule has 0 unspecified atom stereocenters. The standard InChI is InChI=1S/C17H15ClN4O3/c18-15-7-6-13(22(24)25)10-14(15)17(23)21-12-4-2-11(3-5-12)16-19-8-1-9-20-16/h2-7,10H,1,8-9H2,(H,19,20)(H,21,23). The van der Waals surface area contributed by atoms with Crippen LogP contribution in [0.1, 0.15) is 22.3 Å². The summed E-state index contributed by atoms with van der Waals surface area (Å²) in [5.41, 5.74) is 1.36. The predicted octanol–water partition coefficient (Wildman–Crippen LogP) is 3.24. The van der Waals surface area contributed by atoms with Crippen LogP contribution in [0.15, 0.2) is 47.5 Å². The molecule has 1 amide bonds. The minimum absolute atomic E-state index is 0.0539. The number of anilines is 1. The molecule has 1 aliphatic rings. The van der Waals surface area contributed by atoms with Crippen molar-refractivity contribution in [1.82, 2.24) is 5.32 Å². The zero-order valence-corrected chi connectivity index (χ0v) is 13.9. The molecule has 1 aliphatic heterocycles. The van der Waals surface area contributed by atoms with E-state index in [1.807, 2.05) is 12.1 Å². The third-order valence-corrected chi connectivity index (χ3v) is 4.05. The van der Waals surface area contributed by atoms with Crippen LogP contribution < -0.4 is 10.6 Å². The average Bonchev–Trinajstić information content (AvgIpc) is 2.63. The van der Waals surface area contributed by atoms with Crippen LogP contribution in [-0.2, 0) is 0 Å². The summed E-state index contributed by atoms with van der Waals surface area (Å²) < 4.78 is 0. The van der Waals surface area contributed by atoms with E-state index in [0.29, 0.717) is 5.69 Å². The fourth-order valence-electron chi connectivity index (χ4n) is 2.44. The highest BCUT2D eigenvalue weighted by atomic mass is 35.5. The van der Waals surface area contributed by atoms with Crippen molar-refractivity contribution < 1.29 is 9.72 Å². The van der Waals surface area contributed by atoms with Crippen LogP contribution >= 0.6 is 11.6 Å². The molecule has 8 heteroatoms. The molecule has 2 N–H and O–H groups in total. The van der Waals surface area contributed by atoms with Gasteiger partial charge in [-0.1, -0.05) is 11.6 Å². The van der Waals surface area contributed by atoms with Gasteiger partial charge in [-0.3, -0.25) is 19.9 Å². The third-order valence-electron chi connectivity index (χ3n) is 3.72. The van der Waals surface area contributed by atoms with Crippen molar-refractivity contribution in [2.75, 3.05) is 18.4 Å². The topological polar surface area (TPSA) is 96.6 Å². The van der Waals surface area contributed by atoms with Crippen molar-refractivity contribution in [3.8, 4) is 0 Å². The van der Waals surface area contributed by atoms with E-state index in [1.54, 1.807) is 12.1 Å². The number of carbonyl (C=O) groups is 1. The van der Waals surface area contributed by atoms with Crippen LogP contribution in [0, 0.1) is 10.1 Å². The van der Waals surface area contributed by atoms with Crippen LogP contribution in [-0.4, -0.2) is 29.8 Å². The van der Waals surface area contributed by atoms with Gasteiger partial charge in [-0.25, -0.2) is 0 Å². The molecule has 0 aromatic heterocycles. The van der Waals surface area contributed by atoms with Gasteiger partial charge in [-0.2, -0.15) is 0 Å². The van der Waals surface area contributed by atoms with Crippen molar-refractivity contribution in [3.63, 3.8) is 0 Å². The first-order valence-corrected chi connectivity index (χ1v) is 8.06. The average molecular weight is 359 g/mol. The number of nitrogens with zero attached hydrogens (tertiary/aromatic N) is 2. The number of halogens is 1. The van der Waals surface area contributed by atoms with Gasteiger partial charge >= 0.3 is 0 Å². The highest BCUT2D eigenvalue weighted by molar-refractivity contribution is 6.34. The number of carbonyl (C=O) groups excluding carboxylic acids is 1. The Balaban J connectivity index is 1.76. The molecule has 7 nitrogen and oxygen atoms in total. The molecule has 0 spiro atoms. The Morgan fingerprint density at radius 1 is 1.24 bits per heavy atom. The van der Waals surface area contributed by atoms with E-state index in [4.69, 9.17) is 11.6 Å². The summed E-state index contributed by atoms with van der Waals surface area (Å²) in [5, 5.41) is 16.9. The van der Waals surface area contributed by atoms with E-state index in [-0.39, 0.29) is 16.3 Å². The van der Waals surface area contributed by atoms with Crippen LogP contribution in [0.4, 0.5) is 11.4 Å². The molecule has 1 heterocycles. The van der Waals surface area contributed by atoms with Crippen molar-refractivity contribution in [2.24, 2.45) is 4.99 Å². The summed E-state index contributed by atoms with van der Waals surface area (Å²) >= 11 is 5.98. The predicted molar refractivity (Wildman–Crippen MR) is 96.5 cm³/mol. The first-order chi connectivity index (χ1) is 12.0. The molecular formula is C17H15ClN4O3. The molecule has 2 aromatic rings. The number of non-ortho nitro benzene ring substituents is 1. The quantitative estimate of drug-likeness (QED) is 0.647. The van der Waals surface area contributed by atoms with Gasteiger partial charge in [0.15, 0.2) is 0 Å². The molecule has 25 heavy (non-hydrogen) atoms. The first-order valence-electron chi connectivity index (χ1n) is 7.68. The molecule has 2 aromatic carbocycles. The maximum atomic E-state index is 12.3. The highest BCUT2D eigenvalue weighted by Crippen LogP contribution is 2.23. The maximum absolute atomic E-state index is 12.3. The second kappa shape index (κ2) is 7.31. The van der Waals surface area contributed by atoms with Gasteiger partial charge in [0, 0.05) is 36.5 Å². The third kappa shape index (κ3) is 3.95. The summed E-state index contributed by atoms with van der Waals surface area (Å²) in [4.78, 5) is 27.0. The number of nitro groups is 1. The highest BCUT2D eigenvalue weighted by Gasteiger charge is 2.16. The number of rotatable bonds is 4. The Morgan fingerprint density at radius 2 is 2.00 bits per heavy atom. The van der Waals surface area contributed by atoms with Crippen LogP contribution in [0.25, 0.3) is 0 Å². The lowest BCUT2D eigenvalue weighted by atomic mass is 10.1. The number of benzene rings is 2. The Labute approximate surface area is 148 Å². The monoisotopic (exact) mass is 358 g/mol. The Morgan fingerprint density at radius 3 is 2.64 bits per heavy atom. The number of aliphatic imine (C=N–C) groups is 1. The molecule has 0 radical (unpaired) electrons. The van der Waals surface area contributed by atoms with E-state index in [2.05, 4.69) is 15.6 Å². The summed E-state index contributed by atoms with van der Waals surface area (Å²) in [6, 6.07) is 10.9. The Bertz CT molecular complexity index is 849. The van der Waals surface area contributed by atoms with Gasteiger partial charge in [0.2, 0.25) is 0 Å². The summed E-state index contributed by atoms with van der Waals surface area (Å²) in [5.74, 6) is 0.334. The van der Waals surface area contributed by atoms with Crippen LogP contribution in [0.2, 0.25) is 5.02 Å². The molecule has 0 fully saturated rings. The number of hydrogen-bond acceptors (Lipinski definition) is 5. The van der Waals surface area contributed by atoms with Crippen LogP contribution in [0.3, 0.4) is 0 Å². The SMILES string of the molecule is O=C(Nc1ccc(C2=NCCCN2)cc1)c1cc([N+](=O)[O-])ccc1Cl. The van der Waals surface area contributed by atoms with Gasteiger partial charge in [0.25, 0.3) is 11.6 Å². The minimum atomic E-state index is -0.570. The van der Waals surface area contributed by atoms with Crippen molar-refractivity contribution in [3.05, 3.63) is 68.7 Å². The zero-order chi connectivity index (χ0) is 17.8. The number of hydrogen-bond donors (Lipinski definition) is 2. The van der Waals surface area contributed by atoms with Crippen molar-refractivity contribution >= 4 is 34.7 Å². The molecule has 0 atom stereocenters. The number of nitro benzene ring substituents is 1. The maximum Gasteiger partial charge on any atom is 0.270 e. The van der Waals surface area contributed by atoms with E-state index in [0.717, 1.165) is 37.0 Å². The molecule has 0 bridgehead atoms. The summed E-state index contributed by atoms with van der Waals surface area (Å²) in [7, 11) is 0. The van der Waals surface area contributed by atoms with E-state index < -0.39 is 10.8 Å². The molecule has 0 saturated heterocycles. The second-order valence-electron chi connectivity index (χ2n) is 5.46. The summed E-state index contributed by atoms with van der Waals surface area (Å²) in [6.07, 6.45) is 1.02. The normalized spacial score (nSPS) is 13.6.